The molecule has 0 aliphatic heterocycles. The molecule has 104 valence electrons. The van der Waals surface area contributed by atoms with Crippen LogP contribution in [-0.2, 0) is 0 Å². The molecule has 0 spiro atoms. The zero-order chi connectivity index (χ0) is 14.9. The van der Waals surface area contributed by atoms with Gasteiger partial charge < -0.3 is 5.73 Å². The van der Waals surface area contributed by atoms with Crippen LogP contribution in [0.25, 0.3) is 5.57 Å². The van der Waals surface area contributed by atoms with Gasteiger partial charge in [0, 0.05) is 6.04 Å². The predicted molar refractivity (Wildman–Crippen MR) is 79.6 cm³/mol. The predicted octanol–water partition coefficient (Wildman–Crippen LogP) is 3.79. The normalized spacial score (nSPS) is 27.8. The first-order valence-corrected chi connectivity index (χ1v) is 6.78. The number of rotatable bonds is 2. The highest BCUT2D eigenvalue weighted by molar-refractivity contribution is 6.31. The van der Waals surface area contributed by atoms with E-state index in [0.29, 0.717) is 11.1 Å². The van der Waals surface area contributed by atoms with Gasteiger partial charge in [0.25, 0.3) is 0 Å². The molecule has 0 saturated heterocycles. The fourth-order valence-corrected chi connectivity index (χ4v) is 2.67. The summed E-state index contributed by atoms with van der Waals surface area (Å²) in [4.78, 5) is 0. The van der Waals surface area contributed by atoms with Crippen molar-refractivity contribution in [1.29, 1.82) is 5.26 Å². The standard InChI is InChI=1S/C16H16ClFN2/c1-10(20)12-8-14(17)16(2,18)13(9-19)15(12)11-6-4-3-5-7-11/h3-8,10,13H,20H2,1-2H3. The minimum Gasteiger partial charge on any atom is -0.324 e. The molecule has 0 heterocycles. The summed E-state index contributed by atoms with van der Waals surface area (Å²) in [5.74, 6) is -0.969. The van der Waals surface area contributed by atoms with Crippen LogP contribution in [-0.4, -0.2) is 11.7 Å². The molecular formula is C16H16ClFN2. The third-order valence-electron chi connectivity index (χ3n) is 3.60. The van der Waals surface area contributed by atoms with Gasteiger partial charge in [-0.2, -0.15) is 5.26 Å². The van der Waals surface area contributed by atoms with Gasteiger partial charge in [-0.15, -0.1) is 0 Å². The number of hydrogen-bond acceptors (Lipinski definition) is 2. The van der Waals surface area contributed by atoms with Crippen LogP contribution < -0.4 is 5.73 Å². The number of nitrogens with two attached hydrogens (primary N) is 1. The van der Waals surface area contributed by atoms with Crippen LogP contribution in [0.5, 0.6) is 0 Å². The Labute approximate surface area is 123 Å². The van der Waals surface area contributed by atoms with Gasteiger partial charge in [0.05, 0.1) is 11.1 Å². The van der Waals surface area contributed by atoms with Crippen molar-refractivity contribution in [2.24, 2.45) is 11.7 Å². The molecule has 4 heteroatoms. The van der Waals surface area contributed by atoms with Crippen LogP contribution in [0.3, 0.4) is 0 Å². The lowest BCUT2D eigenvalue weighted by Crippen LogP contribution is -2.36. The van der Waals surface area contributed by atoms with E-state index in [0.717, 1.165) is 5.56 Å². The molecule has 1 aliphatic rings. The van der Waals surface area contributed by atoms with Gasteiger partial charge in [-0.25, -0.2) is 4.39 Å². The lowest BCUT2D eigenvalue weighted by atomic mass is 9.74. The number of allylic oxidation sites excluding steroid dienone is 2. The van der Waals surface area contributed by atoms with Gasteiger partial charge in [-0.05, 0) is 36.6 Å². The fourth-order valence-electron chi connectivity index (χ4n) is 2.44. The van der Waals surface area contributed by atoms with Crippen LogP contribution in [0.1, 0.15) is 19.4 Å². The smallest absolute Gasteiger partial charge is 0.163 e. The first-order valence-electron chi connectivity index (χ1n) is 6.40. The van der Waals surface area contributed by atoms with Crippen LogP contribution in [0.15, 0.2) is 47.0 Å². The quantitative estimate of drug-likeness (QED) is 0.901. The number of nitriles is 1. The number of nitrogens with zero attached hydrogens (tertiary/aromatic N) is 1. The van der Waals surface area contributed by atoms with Gasteiger partial charge in [0.15, 0.2) is 5.67 Å². The van der Waals surface area contributed by atoms with E-state index in [2.05, 4.69) is 0 Å². The van der Waals surface area contributed by atoms with Crippen LogP contribution >= 0.6 is 11.6 Å². The third-order valence-corrected chi connectivity index (χ3v) is 4.07. The summed E-state index contributed by atoms with van der Waals surface area (Å²) in [6.45, 7) is 3.13. The molecule has 0 amide bonds. The number of hydrogen-bond donors (Lipinski definition) is 1. The second-order valence-corrected chi connectivity index (χ2v) is 5.56. The van der Waals surface area contributed by atoms with E-state index in [1.54, 1.807) is 13.0 Å². The highest BCUT2D eigenvalue weighted by atomic mass is 35.5. The molecule has 3 atom stereocenters. The summed E-state index contributed by atoms with van der Waals surface area (Å²) in [5, 5.41) is 9.45. The SMILES string of the molecule is CC(N)C1=C(c2ccccc2)C(C#N)C(C)(F)C(Cl)=C1. The molecule has 2 N–H and O–H groups in total. The maximum Gasteiger partial charge on any atom is 0.163 e. The Morgan fingerprint density at radius 1 is 1.40 bits per heavy atom. The molecule has 20 heavy (non-hydrogen) atoms. The Bertz CT molecular complexity index is 609. The third kappa shape index (κ3) is 2.37. The molecule has 0 aromatic heterocycles. The molecule has 0 radical (unpaired) electrons. The van der Waals surface area contributed by atoms with Crippen molar-refractivity contribution in [3.63, 3.8) is 0 Å². The zero-order valence-electron chi connectivity index (χ0n) is 11.4. The Morgan fingerprint density at radius 3 is 2.50 bits per heavy atom. The van der Waals surface area contributed by atoms with Gasteiger partial charge >= 0.3 is 0 Å². The lowest BCUT2D eigenvalue weighted by molar-refractivity contribution is 0.218. The number of alkyl halides is 1. The summed E-state index contributed by atoms with van der Waals surface area (Å²) >= 11 is 6.02. The Morgan fingerprint density at radius 2 is 2.00 bits per heavy atom. The summed E-state index contributed by atoms with van der Waals surface area (Å²) in [7, 11) is 0. The largest absolute Gasteiger partial charge is 0.324 e. The van der Waals surface area contributed by atoms with Gasteiger partial charge in [-0.3, -0.25) is 0 Å². The zero-order valence-corrected chi connectivity index (χ0v) is 12.2. The average molecular weight is 291 g/mol. The first-order chi connectivity index (χ1) is 9.39. The van der Waals surface area contributed by atoms with Crippen LogP contribution in [0.2, 0.25) is 0 Å². The summed E-state index contributed by atoms with van der Waals surface area (Å²) in [5.41, 5.74) is 6.20. The lowest BCUT2D eigenvalue weighted by Gasteiger charge is -2.34. The van der Waals surface area contributed by atoms with E-state index in [1.807, 2.05) is 36.4 Å². The van der Waals surface area contributed by atoms with Crippen molar-refractivity contribution in [3.05, 3.63) is 52.6 Å². The topological polar surface area (TPSA) is 49.8 Å². The summed E-state index contributed by atoms with van der Waals surface area (Å²) in [6, 6.07) is 11.0. The van der Waals surface area contributed by atoms with Crippen molar-refractivity contribution in [2.75, 3.05) is 0 Å². The van der Waals surface area contributed by atoms with E-state index in [4.69, 9.17) is 17.3 Å². The minimum absolute atomic E-state index is 0.0241. The number of benzene rings is 1. The number of halogens is 2. The molecule has 1 aliphatic carbocycles. The Balaban J connectivity index is 2.73. The maximum absolute atomic E-state index is 14.8. The molecule has 0 fully saturated rings. The van der Waals surface area contributed by atoms with E-state index < -0.39 is 11.6 Å². The second-order valence-electron chi connectivity index (χ2n) is 5.15. The van der Waals surface area contributed by atoms with Crippen molar-refractivity contribution in [2.45, 2.75) is 25.6 Å². The van der Waals surface area contributed by atoms with Gasteiger partial charge in [0.1, 0.15) is 5.92 Å². The second kappa shape index (κ2) is 5.40. The molecule has 2 nitrogen and oxygen atoms in total. The molecule has 0 bridgehead atoms. The van der Waals surface area contributed by atoms with E-state index in [9.17, 15) is 9.65 Å². The maximum atomic E-state index is 14.8. The Kier molecular flexibility index (Phi) is 3.99. The molecule has 2 rings (SSSR count). The van der Waals surface area contributed by atoms with E-state index in [-0.39, 0.29) is 11.1 Å². The first kappa shape index (κ1) is 14.8. The van der Waals surface area contributed by atoms with Gasteiger partial charge in [0.2, 0.25) is 0 Å². The minimum atomic E-state index is -1.90. The fraction of sp³-hybridized carbons (Fsp3) is 0.312. The summed E-state index contributed by atoms with van der Waals surface area (Å²) < 4.78 is 14.8. The van der Waals surface area contributed by atoms with Crippen molar-refractivity contribution in [1.82, 2.24) is 0 Å². The van der Waals surface area contributed by atoms with Crippen molar-refractivity contribution >= 4 is 17.2 Å². The molecule has 1 aromatic carbocycles. The van der Waals surface area contributed by atoms with E-state index in [1.165, 1.54) is 6.92 Å². The molecule has 3 unspecified atom stereocenters. The molecule has 1 aromatic rings. The molecular weight excluding hydrogens is 275 g/mol. The average Bonchev–Trinajstić information content (AvgIpc) is 2.41. The van der Waals surface area contributed by atoms with E-state index >= 15 is 0 Å². The van der Waals surface area contributed by atoms with Crippen molar-refractivity contribution < 1.29 is 4.39 Å². The summed E-state index contributed by atoms with van der Waals surface area (Å²) in [6.07, 6.45) is 1.56. The van der Waals surface area contributed by atoms with Crippen molar-refractivity contribution in [3.8, 4) is 6.07 Å². The van der Waals surface area contributed by atoms with Crippen LogP contribution in [0, 0.1) is 17.2 Å². The van der Waals surface area contributed by atoms with Crippen LogP contribution in [0.4, 0.5) is 4.39 Å². The van der Waals surface area contributed by atoms with Gasteiger partial charge in [-0.1, -0.05) is 41.9 Å². The monoisotopic (exact) mass is 290 g/mol. The highest BCUT2D eigenvalue weighted by Crippen LogP contribution is 2.46. The molecule has 0 saturated carbocycles. The Hall–Kier alpha value is -1.63. The highest BCUT2D eigenvalue weighted by Gasteiger charge is 2.44.